The van der Waals surface area contributed by atoms with E-state index < -0.39 is 12.3 Å². The van der Waals surface area contributed by atoms with E-state index in [1.165, 1.54) is 6.20 Å². The number of anilines is 1. The molecular weight excluding hydrogens is 242 g/mol. The van der Waals surface area contributed by atoms with Crippen LogP contribution in [-0.2, 0) is 11.3 Å². The highest BCUT2D eigenvalue weighted by molar-refractivity contribution is 5.92. The summed E-state index contributed by atoms with van der Waals surface area (Å²) in [5.74, 6) is -1.31. The number of aromatic nitrogens is 2. The molecule has 0 atom stereocenters. The van der Waals surface area contributed by atoms with Crippen molar-refractivity contribution in [3.05, 3.63) is 12.4 Å². The Hall–Kier alpha value is -1.50. The Labute approximate surface area is 105 Å². The Kier molecular flexibility index (Phi) is 5.70. The molecule has 18 heavy (non-hydrogen) atoms. The maximum absolute atomic E-state index is 12.0. The molecule has 0 fully saturated rings. The molecule has 0 aliphatic rings. The maximum atomic E-state index is 12.0. The molecule has 0 aliphatic heterocycles. The first kappa shape index (κ1) is 14.6. The lowest BCUT2D eigenvalue weighted by Crippen LogP contribution is -2.27. The van der Waals surface area contributed by atoms with Crippen molar-refractivity contribution in [2.75, 3.05) is 25.0 Å². The van der Waals surface area contributed by atoms with Gasteiger partial charge in [0.1, 0.15) is 0 Å². The Bertz CT molecular complexity index is 377. The Morgan fingerprint density at radius 2 is 2.17 bits per heavy atom. The number of carbonyl (C=O) groups is 1. The number of hydrogen-bond acceptors (Lipinski definition) is 3. The Morgan fingerprint density at radius 3 is 2.72 bits per heavy atom. The molecule has 0 unspecified atom stereocenters. The number of halogens is 2. The molecule has 0 aliphatic carbocycles. The van der Waals surface area contributed by atoms with E-state index in [0.29, 0.717) is 12.2 Å². The van der Waals surface area contributed by atoms with E-state index in [0.717, 1.165) is 19.6 Å². The maximum Gasteiger partial charge on any atom is 0.315 e. The van der Waals surface area contributed by atoms with Gasteiger partial charge in [-0.2, -0.15) is 13.9 Å². The van der Waals surface area contributed by atoms with Gasteiger partial charge in [0.2, 0.25) is 0 Å². The third kappa shape index (κ3) is 4.40. The molecular formula is C11H18F2N4O. The van der Waals surface area contributed by atoms with Crippen molar-refractivity contribution >= 4 is 11.6 Å². The van der Waals surface area contributed by atoms with E-state index in [1.54, 1.807) is 10.9 Å². The van der Waals surface area contributed by atoms with E-state index in [-0.39, 0.29) is 0 Å². The van der Waals surface area contributed by atoms with Crippen molar-refractivity contribution < 1.29 is 13.6 Å². The Morgan fingerprint density at radius 1 is 1.50 bits per heavy atom. The number of nitrogens with one attached hydrogen (secondary N) is 1. The van der Waals surface area contributed by atoms with Crippen LogP contribution < -0.4 is 5.32 Å². The van der Waals surface area contributed by atoms with E-state index in [9.17, 15) is 13.6 Å². The van der Waals surface area contributed by atoms with E-state index in [1.807, 2.05) is 0 Å². The summed E-state index contributed by atoms with van der Waals surface area (Å²) in [4.78, 5) is 13.0. The van der Waals surface area contributed by atoms with Crippen molar-refractivity contribution in [1.82, 2.24) is 14.7 Å². The van der Waals surface area contributed by atoms with Crippen LogP contribution in [0.15, 0.2) is 12.4 Å². The van der Waals surface area contributed by atoms with E-state index in [2.05, 4.69) is 29.2 Å². The molecule has 102 valence electrons. The minimum absolute atomic E-state index is 0.292. The smallest absolute Gasteiger partial charge is 0.315 e. The SMILES string of the molecule is CCN(CC)CCn1cc(NC(=O)C(F)F)cn1. The number of likely N-dealkylation sites (N-methyl/N-ethyl adjacent to an activating group) is 1. The Balaban J connectivity index is 2.45. The van der Waals surface area contributed by atoms with Gasteiger partial charge in [0, 0.05) is 12.7 Å². The second-order valence-corrected chi connectivity index (χ2v) is 3.81. The van der Waals surface area contributed by atoms with Gasteiger partial charge in [0.05, 0.1) is 18.4 Å². The van der Waals surface area contributed by atoms with Gasteiger partial charge in [-0.1, -0.05) is 13.8 Å². The summed E-state index contributed by atoms with van der Waals surface area (Å²) in [6.07, 6.45) is -0.101. The largest absolute Gasteiger partial charge is 0.318 e. The van der Waals surface area contributed by atoms with Crippen LogP contribution in [0.5, 0.6) is 0 Å². The second kappa shape index (κ2) is 7.05. The summed E-state index contributed by atoms with van der Waals surface area (Å²) in [7, 11) is 0. The van der Waals surface area contributed by atoms with Crippen molar-refractivity contribution in [2.24, 2.45) is 0 Å². The van der Waals surface area contributed by atoms with Crippen LogP contribution in [0.25, 0.3) is 0 Å². The lowest BCUT2D eigenvalue weighted by molar-refractivity contribution is -0.126. The lowest BCUT2D eigenvalue weighted by atomic mass is 10.4. The van der Waals surface area contributed by atoms with Crippen molar-refractivity contribution in [2.45, 2.75) is 26.8 Å². The predicted molar refractivity (Wildman–Crippen MR) is 64.6 cm³/mol. The van der Waals surface area contributed by atoms with Gasteiger partial charge in [-0.25, -0.2) is 0 Å². The van der Waals surface area contributed by atoms with Crippen LogP contribution in [0, 0.1) is 0 Å². The van der Waals surface area contributed by atoms with Gasteiger partial charge in [-0.05, 0) is 13.1 Å². The fourth-order valence-electron chi connectivity index (χ4n) is 1.53. The first-order valence-electron chi connectivity index (χ1n) is 5.90. The zero-order chi connectivity index (χ0) is 13.5. The molecule has 7 heteroatoms. The summed E-state index contributed by atoms with van der Waals surface area (Å²) in [5, 5.41) is 6.09. The van der Waals surface area contributed by atoms with Crippen LogP contribution in [0.2, 0.25) is 0 Å². The normalized spacial score (nSPS) is 11.2. The number of alkyl halides is 2. The summed E-state index contributed by atoms with van der Waals surface area (Å²) >= 11 is 0. The van der Waals surface area contributed by atoms with Crippen LogP contribution in [0.1, 0.15) is 13.8 Å². The summed E-state index contributed by atoms with van der Waals surface area (Å²) in [6.45, 7) is 7.53. The third-order valence-electron chi connectivity index (χ3n) is 2.64. The number of rotatable bonds is 7. The molecule has 1 rings (SSSR count). The summed E-state index contributed by atoms with van der Waals surface area (Å²) < 4.78 is 25.7. The van der Waals surface area contributed by atoms with Crippen LogP contribution in [-0.4, -0.2) is 46.6 Å². The summed E-state index contributed by atoms with van der Waals surface area (Å²) in [6, 6.07) is 0. The molecule has 0 radical (unpaired) electrons. The standard InChI is InChI=1S/C11H18F2N4O/c1-3-16(4-2)5-6-17-8-9(7-14-17)15-11(18)10(12)13/h7-8,10H,3-6H2,1-2H3,(H,15,18). The summed E-state index contributed by atoms with van der Waals surface area (Å²) in [5.41, 5.74) is 0.292. The molecule has 0 spiro atoms. The van der Waals surface area contributed by atoms with Crippen molar-refractivity contribution in [3.8, 4) is 0 Å². The molecule has 0 saturated heterocycles. The van der Waals surface area contributed by atoms with E-state index >= 15 is 0 Å². The number of carbonyl (C=O) groups excluding carboxylic acids is 1. The average Bonchev–Trinajstić information content (AvgIpc) is 2.78. The fourth-order valence-corrected chi connectivity index (χ4v) is 1.53. The van der Waals surface area contributed by atoms with Crippen LogP contribution in [0.4, 0.5) is 14.5 Å². The van der Waals surface area contributed by atoms with Gasteiger partial charge in [-0.3, -0.25) is 9.48 Å². The molecule has 5 nitrogen and oxygen atoms in total. The molecule has 0 aromatic carbocycles. The first-order chi connectivity index (χ1) is 8.56. The zero-order valence-electron chi connectivity index (χ0n) is 10.6. The minimum atomic E-state index is -3.01. The number of amides is 1. The van der Waals surface area contributed by atoms with Gasteiger partial charge in [0.25, 0.3) is 5.91 Å². The second-order valence-electron chi connectivity index (χ2n) is 3.81. The van der Waals surface area contributed by atoms with Crippen LogP contribution in [0.3, 0.4) is 0 Å². The van der Waals surface area contributed by atoms with Crippen molar-refractivity contribution in [3.63, 3.8) is 0 Å². The zero-order valence-corrected chi connectivity index (χ0v) is 10.6. The molecule has 0 bridgehead atoms. The van der Waals surface area contributed by atoms with Gasteiger partial charge < -0.3 is 10.2 Å². The average molecular weight is 260 g/mol. The first-order valence-corrected chi connectivity index (χ1v) is 5.90. The topological polar surface area (TPSA) is 50.2 Å². The molecule has 0 saturated carbocycles. The van der Waals surface area contributed by atoms with Gasteiger partial charge >= 0.3 is 6.43 Å². The van der Waals surface area contributed by atoms with Gasteiger partial charge in [0.15, 0.2) is 0 Å². The van der Waals surface area contributed by atoms with Gasteiger partial charge in [-0.15, -0.1) is 0 Å². The third-order valence-corrected chi connectivity index (χ3v) is 2.64. The fraction of sp³-hybridized carbons (Fsp3) is 0.636. The van der Waals surface area contributed by atoms with Crippen molar-refractivity contribution in [1.29, 1.82) is 0 Å². The quantitative estimate of drug-likeness (QED) is 0.807. The lowest BCUT2D eigenvalue weighted by Gasteiger charge is -2.17. The number of nitrogens with zero attached hydrogens (tertiary/aromatic N) is 3. The molecule has 1 aromatic heterocycles. The minimum Gasteiger partial charge on any atom is -0.318 e. The van der Waals surface area contributed by atoms with E-state index in [4.69, 9.17) is 0 Å². The molecule has 1 N–H and O–H groups in total. The molecule has 1 amide bonds. The molecule has 1 heterocycles. The molecule has 1 aromatic rings. The number of hydrogen-bond donors (Lipinski definition) is 1. The van der Waals surface area contributed by atoms with Crippen LogP contribution >= 0.6 is 0 Å². The highest BCUT2D eigenvalue weighted by atomic mass is 19.3. The highest BCUT2D eigenvalue weighted by Gasteiger charge is 2.15. The monoisotopic (exact) mass is 260 g/mol. The predicted octanol–water partition coefficient (Wildman–Crippen LogP) is 1.43. The highest BCUT2D eigenvalue weighted by Crippen LogP contribution is 2.07.